The average Bonchev–Trinajstić information content (AvgIpc) is 3.18. The molecule has 2 aliphatic heterocycles. The second-order valence-electron chi connectivity index (χ2n) is 5.68. The summed E-state index contributed by atoms with van der Waals surface area (Å²) in [5, 5.41) is 6.95. The van der Waals surface area contributed by atoms with Gasteiger partial charge >= 0.3 is 0 Å². The third kappa shape index (κ3) is 2.22. The summed E-state index contributed by atoms with van der Waals surface area (Å²) >= 11 is 2.00. The molecule has 0 spiro atoms. The summed E-state index contributed by atoms with van der Waals surface area (Å²) < 4.78 is 0. The highest BCUT2D eigenvalue weighted by molar-refractivity contribution is 7.99. The molecule has 1 N–H and O–H groups in total. The number of hydrogen-bond donors (Lipinski definition) is 1. The summed E-state index contributed by atoms with van der Waals surface area (Å²) in [4.78, 5) is 3.94. The van der Waals surface area contributed by atoms with E-state index in [9.17, 15) is 0 Å². The minimum Gasteiger partial charge on any atom is -0.369 e. The van der Waals surface area contributed by atoms with Gasteiger partial charge in [-0.2, -0.15) is 5.10 Å². The molecule has 1 aromatic heterocycles. The first kappa shape index (κ1) is 12.3. The SMILES string of the molecule is c1cc2c(cc1C1CCN(c3cn[nH]c3)CC1)CCS2. The van der Waals surface area contributed by atoms with Gasteiger partial charge in [0.25, 0.3) is 0 Å². The monoisotopic (exact) mass is 285 g/mol. The number of aryl methyl sites for hydroxylation is 1. The molecule has 0 radical (unpaired) electrons. The Balaban J connectivity index is 1.46. The molecule has 4 heteroatoms. The van der Waals surface area contributed by atoms with Gasteiger partial charge in [-0.1, -0.05) is 12.1 Å². The lowest BCUT2D eigenvalue weighted by Gasteiger charge is -2.33. The van der Waals surface area contributed by atoms with Crippen molar-refractivity contribution in [1.82, 2.24) is 10.2 Å². The number of rotatable bonds is 2. The molecule has 1 saturated heterocycles. The van der Waals surface area contributed by atoms with Crippen LogP contribution in [0.3, 0.4) is 0 Å². The number of aromatic amines is 1. The molecule has 1 aromatic carbocycles. The van der Waals surface area contributed by atoms with Gasteiger partial charge in [0.05, 0.1) is 11.9 Å². The Kier molecular flexibility index (Phi) is 3.19. The Morgan fingerprint density at radius 2 is 2.15 bits per heavy atom. The van der Waals surface area contributed by atoms with Gasteiger partial charge in [0.1, 0.15) is 0 Å². The molecule has 2 aliphatic rings. The Morgan fingerprint density at radius 3 is 2.95 bits per heavy atom. The van der Waals surface area contributed by atoms with Gasteiger partial charge < -0.3 is 4.90 Å². The maximum atomic E-state index is 4.04. The van der Waals surface area contributed by atoms with Crippen LogP contribution in [0.25, 0.3) is 0 Å². The number of thioether (sulfide) groups is 1. The molecule has 20 heavy (non-hydrogen) atoms. The van der Waals surface area contributed by atoms with Crippen LogP contribution >= 0.6 is 11.8 Å². The quantitative estimate of drug-likeness (QED) is 0.917. The Hall–Kier alpha value is -1.42. The molecular weight excluding hydrogens is 266 g/mol. The number of hydrogen-bond acceptors (Lipinski definition) is 3. The van der Waals surface area contributed by atoms with Crippen LogP contribution in [0, 0.1) is 0 Å². The average molecular weight is 285 g/mol. The van der Waals surface area contributed by atoms with Crippen molar-refractivity contribution in [1.29, 1.82) is 0 Å². The zero-order chi connectivity index (χ0) is 13.4. The lowest BCUT2D eigenvalue weighted by Crippen LogP contribution is -2.32. The summed E-state index contributed by atoms with van der Waals surface area (Å²) in [7, 11) is 0. The second kappa shape index (κ2) is 5.17. The summed E-state index contributed by atoms with van der Waals surface area (Å²) in [5.74, 6) is 1.99. The molecule has 0 unspecified atom stereocenters. The number of piperidine rings is 1. The Bertz CT molecular complexity index is 586. The number of anilines is 1. The van der Waals surface area contributed by atoms with Gasteiger partial charge in [0.15, 0.2) is 0 Å². The summed E-state index contributed by atoms with van der Waals surface area (Å²) in [6, 6.07) is 7.16. The van der Waals surface area contributed by atoms with Crippen molar-refractivity contribution in [3.63, 3.8) is 0 Å². The number of fused-ring (bicyclic) bond motifs is 1. The van der Waals surface area contributed by atoms with E-state index in [0.717, 1.165) is 19.0 Å². The lowest BCUT2D eigenvalue weighted by atomic mass is 9.88. The second-order valence-corrected chi connectivity index (χ2v) is 6.82. The van der Waals surface area contributed by atoms with E-state index >= 15 is 0 Å². The van der Waals surface area contributed by atoms with Crippen molar-refractivity contribution in [2.75, 3.05) is 23.7 Å². The van der Waals surface area contributed by atoms with Crippen molar-refractivity contribution >= 4 is 17.4 Å². The standard InChI is InChI=1S/C16H19N3S/c1-2-16-14(5-8-20-16)9-13(1)12-3-6-19(7-4-12)15-10-17-18-11-15/h1-2,9-12H,3-8H2,(H,17,18). The van der Waals surface area contributed by atoms with Crippen molar-refractivity contribution in [3.8, 4) is 0 Å². The van der Waals surface area contributed by atoms with E-state index in [-0.39, 0.29) is 0 Å². The van der Waals surface area contributed by atoms with Crippen molar-refractivity contribution < 1.29 is 0 Å². The predicted octanol–water partition coefficient (Wildman–Crippen LogP) is 3.44. The van der Waals surface area contributed by atoms with E-state index in [0.29, 0.717) is 0 Å². The molecule has 0 aliphatic carbocycles. The van der Waals surface area contributed by atoms with E-state index < -0.39 is 0 Å². The fourth-order valence-corrected chi connectivity index (χ4v) is 4.40. The van der Waals surface area contributed by atoms with Crippen LogP contribution in [0.5, 0.6) is 0 Å². The molecule has 3 heterocycles. The van der Waals surface area contributed by atoms with E-state index in [1.54, 1.807) is 11.1 Å². The van der Waals surface area contributed by atoms with Crippen LogP contribution in [0.1, 0.15) is 29.9 Å². The maximum absolute atomic E-state index is 4.04. The summed E-state index contributed by atoms with van der Waals surface area (Å²) in [6.45, 7) is 2.27. The number of aromatic nitrogens is 2. The minimum absolute atomic E-state index is 0.731. The number of H-pyrrole nitrogens is 1. The van der Waals surface area contributed by atoms with Crippen LogP contribution in [0.15, 0.2) is 35.5 Å². The Morgan fingerprint density at radius 1 is 1.25 bits per heavy atom. The molecule has 0 bridgehead atoms. The normalized spacial score (nSPS) is 19.3. The molecule has 3 nitrogen and oxygen atoms in total. The van der Waals surface area contributed by atoms with Gasteiger partial charge in [0.2, 0.25) is 0 Å². The van der Waals surface area contributed by atoms with Gasteiger partial charge in [-0.05, 0) is 42.4 Å². The first-order valence-electron chi connectivity index (χ1n) is 7.39. The summed E-state index contributed by atoms with van der Waals surface area (Å²) in [6.07, 6.45) is 7.66. The fourth-order valence-electron chi connectivity index (χ4n) is 3.35. The highest BCUT2D eigenvalue weighted by atomic mass is 32.2. The van der Waals surface area contributed by atoms with Crippen molar-refractivity contribution in [2.45, 2.75) is 30.1 Å². The zero-order valence-corrected chi connectivity index (χ0v) is 12.3. The molecule has 0 amide bonds. The molecule has 0 atom stereocenters. The molecule has 2 aromatic rings. The molecule has 1 fully saturated rings. The van der Waals surface area contributed by atoms with E-state index in [4.69, 9.17) is 0 Å². The van der Waals surface area contributed by atoms with Crippen LogP contribution < -0.4 is 4.90 Å². The van der Waals surface area contributed by atoms with Gasteiger partial charge in [0, 0.05) is 29.9 Å². The van der Waals surface area contributed by atoms with Crippen LogP contribution in [0.4, 0.5) is 5.69 Å². The topological polar surface area (TPSA) is 31.9 Å². The van der Waals surface area contributed by atoms with Crippen LogP contribution in [-0.2, 0) is 6.42 Å². The molecule has 0 saturated carbocycles. The highest BCUT2D eigenvalue weighted by Crippen LogP contribution is 2.36. The largest absolute Gasteiger partial charge is 0.369 e. The van der Waals surface area contributed by atoms with Crippen molar-refractivity contribution in [3.05, 3.63) is 41.7 Å². The van der Waals surface area contributed by atoms with Gasteiger partial charge in [-0.15, -0.1) is 11.8 Å². The fraction of sp³-hybridized carbons (Fsp3) is 0.438. The number of nitrogens with one attached hydrogen (secondary N) is 1. The third-order valence-corrected chi connectivity index (χ3v) is 5.65. The maximum Gasteiger partial charge on any atom is 0.0749 e. The van der Waals surface area contributed by atoms with Gasteiger partial charge in [-0.25, -0.2) is 0 Å². The first-order chi connectivity index (χ1) is 9.90. The van der Waals surface area contributed by atoms with Gasteiger partial charge in [-0.3, -0.25) is 5.10 Å². The molecule has 104 valence electrons. The van der Waals surface area contributed by atoms with Crippen LogP contribution in [-0.4, -0.2) is 29.0 Å². The molecular formula is C16H19N3S. The first-order valence-corrected chi connectivity index (χ1v) is 8.38. The van der Waals surface area contributed by atoms with Crippen LogP contribution in [0.2, 0.25) is 0 Å². The Labute approximate surface area is 123 Å². The van der Waals surface area contributed by atoms with E-state index in [1.807, 2.05) is 24.2 Å². The highest BCUT2D eigenvalue weighted by Gasteiger charge is 2.22. The smallest absolute Gasteiger partial charge is 0.0749 e. The molecule has 4 rings (SSSR count). The number of benzene rings is 1. The number of nitrogens with zero attached hydrogens (tertiary/aromatic N) is 2. The zero-order valence-electron chi connectivity index (χ0n) is 11.5. The minimum atomic E-state index is 0.731. The predicted molar refractivity (Wildman–Crippen MR) is 83.6 cm³/mol. The van der Waals surface area contributed by atoms with E-state index in [2.05, 4.69) is 33.3 Å². The lowest BCUT2D eigenvalue weighted by molar-refractivity contribution is 0.505. The summed E-state index contributed by atoms with van der Waals surface area (Å²) in [5.41, 5.74) is 4.36. The van der Waals surface area contributed by atoms with Crippen molar-refractivity contribution in [2.24, 2.45) is 0 Å². The van der Waals surface area contributed by atoms with E-state index in [1.165, 1.54) is 35.6 Å². The third-order valence-electron chi connectivity index (χ3n) is 4.53.